The molecule has 0 bridgehead atoms. The number of aliphatic hydroxyl groups is 1. The Morgan fingerprint density at radius 3 is 2.46 bits per heavy atom. The van der Waals surface area contributed by atoms with E-state index in [2.05, 4.69) is 25.7 Å². The van der Waals surface area contributed by atoms with Crippen LogP contribution in [0.2, 0.25) is 0 Å². The Bertz CT molecular complexity index is 977. The van der Waals surface area contributed by atoms with Gasteiger partial charge in [0.15, 0.2) is 0 Å². The molecule has 0 aromatic heterocycles. The highest BCUT2D eigenvalue weighted by atomic mass is 32.2. The maximum atomic E-state index is 13.9. The summed E-state index contributed by atoms with van der Waals surface area (Å²) < 4.78 is 31.8. The van der Waals surface area contributed by atoms with Crippen molar-refractivity contribution in [2.24, 2.45) is 40.4 Å². The lowest BCUT2D eigenvalue weighted by Crippen LogP contribution is -2.63. The van der Waals surface area contributed by atoms with Gasteiger partial charge in [0.25, 0.3) is 10.1 Å². The Hall–Kier alpha value is -0.870. The Morgan fingerprint density at radius 1 is 1.16 bits per heavy atom. The molecular weight excluding hydrogens is 494 g/mol. The van der Waals surface area contributed by atoms with Crippen molar-refractivity contribution in [2.45, 2.75) is 97.3 Å². The SMILES string of the molecule is CC[C@H]1CN([C@H]2C[C@@]3(C)[C@@H](CC[C@H]4[C@@H]5CC[C@H](C(C)=O)[C@@]5(C)CC(=O)[C@@H]43)C[C@@H]2O)CCO1.CS(=O)(=O)O. The topological polar surface area (TPSA) is 121 Å². The van der Waals surface area contributed by atoms with Crippen LogP contribution in [-0.2, 0) is 24.4 Å². The molecule has 0 unspecified atom stereocenters. The highest BCUT2D eigenvalue weighted by Gasteiger charge is 2.64. The predicted octanol–water partition coefficient (Wildman–Crippen LogP) is 3.37. The molecule has 0 aromatic rings. The van der Waals surface area contributed by atoms with Crippen LogP contribution in [0, 0.1) is 40.4 Å². The lowest BCUT2D eigenvalue weighted by molar-refractivity contribution is -0.173. The summed E-state index contributed by atoms with van der Waals surface area (Å²) in [6, 6.07) is 0.127. The molecule has 212 valence electrons. The van der Waals surface area contributed by atoms with Crippen LogP contribution >= 0.6 is 0 Å². The third-order valence-corrected chi connectivity index (χ3v) is 11.0. The third-order valence-electron chi connectivity index (χ3n) is 11.0. The van der Waals surface area contributed by atoms with E-state index in [0.717, 1.165) is 64.6 Å². The number of carbonyl (C=O) groups excluding carboxylic acids is 2. The zero-order chi connectivity index (χ0) is 27.3. The van der Waals surface area contributed by atoms with Gasteiger partial charge in [-0.1, -0.05) is 20.8 Å². The molecule has 0 radical (unpaired) electrons. The molecule has 4 aliphatic carbocycles. The molecule has 4 saturated carbocycles. The van der Waals surface area contributed by atoms with Crippen molar-refractivity contribution in [2.75, 3.05) is 26.0 Å². The first-order valence-corrected chi connectivity index (χ1v) is 16.0. The third kappa shape index (κ3) is 5.58. The molecule has 0 aromatic carbocycles. The van der Waals surface area contributed by atoms with Crippen molar-refractivity contribution in [1.82, 2.24) is 4.90 Å². The standard InChI is InChI=1S/C27H43NO4.CH4O3S/c1-5-18-15-28(10-11-32-18)22-13-26(3)17(12-23(22)30)6-7-19-21-9-8-20(16(2)29)27(21,4)14-24(31)25(19)26;1-5(2,3)4/h17-23,25,30H,5-15H2,1-4H3;1H3,(H,2,3,4)/t17-,18-,19-,20+,21-,22-,23-,25+,26-,27+;/m0./s1. The molecule has 2 N–H and O–H groups in total. The highest BCUT2D eigenvalue weighted by Crippen LogP contribution is 2.66. The van der Waals surface area contributed by atoms with Gasteiger partial charge in [-0.3, -0.25) is 19.0 Å². The minimum absolute atomic E-state index is 0.0421. The lowest BCUT2D eigenvalue weighted by atomic mass is 9.43. The Labute approximate surface area is 222 Å². The summed E-state index contributed by atoms with van der Waals surface area (Å²) in [7, 11) is -3.67. The molecule has 1 saturated heterocycles. The number of Topliss-reactive ketones (excluding diaryl/α,β-unsaturated/α-hetero) is 2. The van der Waals surface area contributed by atoms with E-state index in [4.69, 9.17) is 9.29 Å². The minimum Gasteiger partial charge on any atom is -0.391 e. The average Bonchev–Trinajstić information content (AvgIpc) is 3.14. The first-order valence-electron chi connectivity index (χ1n) is 14.2. The molecule has 5 rings (SSSR count). The normalized spacial score (nSPS) is 46.2. The number of carbonyl (C=O) groups is 2. The second-order valence-corrected chi connectivity index (χ2v) is 14.6. The predicted molar refractivity (Wildman–Crippen MR) is 141 cm³/mol. The number of hydrogen-bond donors (Lipinski definition) is 2. The number of morpholine rings is 1. The van der Waals surface area contributed by atoms with Gasteiger partial charge in [0, 0.05) is 37.4 Å². The van der Waals surface area contributed by atoms with Crippen molar-refractivity contribution in [3.63, 3.8) is 0 Å². The van der Waals surface area contributed by atoms with Crippen LogP contribution in [-0.4, -0.2) is 78.7 Å². The zero-order valence-corrected chi connectivity index (χ0v) is 24.0. The summed E-state index contributed by atoms with van der Waals surface area (Å²) in [5.74, 6) is 2.19. The van der Waals surface area contributed by atoms with Crippen LogP contribution in [0.3, 0.4) is 0 Å². The summed E-state index contributed by atoms with van der Waals surface area (Å²) in [6.07, 6.45) is 8.25. The van der Waals surface area contributed by atoms with Crippen LogP contribution < -0.4 is 0 Å². The maximum absolute atomic E-state index is 13.9. The van der Waals surface area contributed by atoms with E-state index in [-0.39, 0.29) is 46.7 Å². The molecule has 10 atom stereocenters. The Kier molecular flexibility index (Phi) is 8.34. The van der Waals surface area contributed by atoms with Gasteiger partial charge in [-0.15, -0.1) is 0 Å². The van der Waals surface area contributed by atoms with Gasteiger partial charge in [-0.25, -0.2) is 0 Å². The first-order chi connectivity index (χ1) is 17.2. The van der Waals surface area contributed by atoms with Crippen molar-refractivity contribution >= 4 is 21.7 Å². The van der Waals surface area contributed by atoms with Crippen molar-refractivity contribution in [3.05, 3.63) is 0 Å². The van der Waals surface area contributed by atoms with E-state index in [0.29, 0.717) is 36.2 Å². The summed E-state index contributed by atoms with van der Waals surface area (Å²) in [4.78, 5) is 28.7. The van der Waals surface area contributed by atoms with Gasteiger partial charge in [-0.05, 0) is 80.5 Å². The molecule has 8 nitrogen and oxygen atoms in total. The lowest BCUT2D eigenvalue weighted by Gasteiger charge is -2.61. The molecule has 5 fully saturated rings. The van der Waals surface area contributed by atoms with Crippen LogP contribution in [0.4, 0.5) is 0 Å². The molecule has 1 heterocycles. The fourth-order valence-electron chi connectivity index (χ4n) is 9.43. The zero-order valence-electron chi connectivity index (χ0n) is 23.2. The Balaban J connectivity index is 0.000000586. The van der Waals surface area contributed by atoms with Gasteiger partial charge in [0.05, 0.1) is 25.1 Å². The first kappa shape index (κ1) is 29.1. The van der Waals surface area contributed by atoms with E-state index in [1.807, 2.05) is 0 Å². The fraction of sp³-hybridized carbons (Fsp3) is 0.929. The van der Waals surface area contributed by atoms with Crippen LogP contribution in [0.15, 0.2) is 0 Å². The summed E-state index contributed by atoms with van der Waals surface area (Å²) in [6.45, 7) is 11.0. The van der Waals surface area contributed by atoms with Crippen molar-refractivity contribution in [1.29, 1.82) is 0 Å². The van der Waals surface area contributed by atoms with Crippen LogP contribution in [0.1, 0.15) is 79.1 Å². The number of nitrogens with zero attached hydrogens (tertiary/aromatic N) is 1. The van der Waals surface area contributed by atoms with Gasteiger partial charge < -0.3 is 9.84 Å². The smallest absolute Gasteiger partial charge is 0.261 e. The molecule has 1 aliphatic heterocycles. The van der Waals surface area contributed by atoms with Crippen LogP contribution in [0.25, 0.3) is 0 Å². The molecular formula is C28H47NO7S. The summed E-state index contributed by atoms with van der Waals surface area (Å²) in [5.41, 5.74) is -0.182. The summed E-state index contributed by atoms with van der Waals surface area (Å²) in [5, 5.41) is 11.2. The number of ether oxygens (including phenoxy) is 1. The van der Waals surface area contributed by atoms with E-state index >= 15 is 0 Å². The second kappa shape index (κ2) is 10.6. The highest BCUT2D eigenvalue weighted by molar-refractivity contribution is 7.85. The molecule has 0 amide bonds. The number of fused-ring (bicyclic) bond motifs is 5. The van der Waals surface area contributed by atoms with E-state index in [1.165, 1.54) is 0 Å². The van der Waals surface area contributed by atoms with E-state index in [1.54, 1.807) is 6.92 Å². The number of ketones is 2. The van der Waals surface area contributed by atoms with Gasteiger partial charge in [0.1, 0.15) is 11.6 Å². The Morgan fingerprint density at radius 2 is 1.84 bits per heavy atom. The maximum Gasteiger partial charge on any atom is 0.261 e. The number of hydrogen-bond acceptors (Lipinski definition) is 7. The molecule has 9 heteroatoms. The minimum atomic E-state index is -3.67. The van der Waals surface area contributed by atoms with Crippen molar-refractivity contribution < 1.29 is 32.4 Å². The number of aliphatic hydroxyl groups excluding tert-OH is 1. The van der Waals surface area contributed by atoms with E-state index < -0.39 is 10.1 Å². The molecule has 37 heavy (non-hydrogen) atoms. The van der Waals surface area contributed by atoms with Gasteiger partial charge in [-0.2, -0.15) is 8.42 Å². The largest absolute Gasteiger partial charge is 0.391 e. The number of rotatable bonds is 3. The monoisotopic (exact) mass is 541 g/mol. The second-order valence-electron chi connectivity index (χ2n) is 13.1. The van der Waals surface area contributed by atoms with Crippen molar-refractivity contribution in [3.8, 4) is 0 Å². The average molecular weight is 542 g/mol. The molecule has 0 spiro atoms. The van der Waals surface area contributed by atoms with E-state index in [9.17, 15) is 23.1 Å². The molecule has 5 aliphatic rings. The summed E-state index contributed by atoms with van der Waals surface area (Å²) >= 11 is 0. The van der Waals surface area contributed by atoms with Gasteiger partial charge >= 0.3 is 0 Å². The quantitative estimate of drug-likeness (QED) is 0.522. The fourth-order valence-corrected chi connectivity index (χ4v) is 9.43. The van der Waals surface area contributed by atoms with Crippen LogP contribution in [0.5, 0.6) is 0 Å². The van der Waals surface area contributed by atoms with Gasteiger partial charge in [0.2, 0.25) is 0 Å².